The maximum Gasteiger partial charge on any atom is 0.253 e. The Morgan fingerprint density at radius 2 is 1.73 bits per heavy atom. The van der Waals surface area contributed by atoms with E-state index >= 15 is 0 Å². The fraction of sp³-hybridized carbons (Fsp3) is 0.417. The standard InChI is InChI=1S/C24H30FN3O2/c1-2-27(22-7-4-3-5-8-22)16-6-15-26-23(29)19-13-17-28(18-14-19)24(30)20-9-11-21(25)12-10-20/h3-5,7-12,19H,2,6,13-18H2,1H3,(H,26,29). The first-order valence-corrected chi connectivity index (χ1v) is 10.7. The molecule has 0 spiro atoms. The zero-order chi connectivity index (χ0) is 21.3. The molecule has 2 aromatic carbocycles. The number of benzene rings is 2. The number of para-hydroxylation sites is 1. The van der Waals surface area contributed by atoms with Crippen molar-refractivity contribution in [2.45, 2.75) is 26.2 Å². The van der Waals surface area contributed by atoms with E-state index in [1.54, 1.807) is 4.90 Å². The van der Waals surface area contributed by atoms with Crippen molar-refractivity contribution in [3.63, 3.8) is 0 Å². The van der Waals surface area contributed by atoms with E-state index in [2.05, 4.69) is 29.3 Å². The van der Waals surface area contributed by atoms with Crippen molar-refractivity contribution in [3.05, 3.63) is 66.0 Å². The number of carbonyl (C=O) groups is 2. The van der Waals surface area contributed by atoms with Crippen LogP contribution in [-0.2, 0) is 4.79 Å². The van der Waals surface area contributed by atoms with E-state index in [0.717, 1.165) is 19.5 Å². The lowest BCUT2D eigenvalue weighted by molar-refractivity contribution is -0.126. The van der Waals surface area contributed by atoms with Gasteiger partial charge in [-0.3, -0.25) is 9.59 Å². The third-order valence-electron chi connectivity index (χ3n) is 5.65. The Balaban J connectivity index is 1.38. The lowest BCUT2D eigenvalue weighted by Gasteiger charge is -2.31. The molecule has 30 heavy (non-hydrogen) atoms. The smallest absolute Gasteiger partial charge is 0.253 e. The number of hydrogen-bond acceptors (Lipinski definition) is 3. The van der Waals surface area contributed by atoms with Crippen LogP contribution in [0.3, 0.4) is 0 Å². The van der Waals surface area contributed by atoms with Gasteiger partial charge in [-0.15, -0.1) is 0 Å². The molecule has 0 bridgehead atoms. The summed E-state index contributed by atoms with van der Waals surface area (Å²) in [6.07, 6.45) is 2.20. The van der Waals surface area contributed by atoms with Crippen LogP contribution in [0, 0.1) is 11.7 Å². The van der Waals surface area contributed by atoms with Gasteiger partial charge in [-0.25, -0.2) is 4.39 Å². The summed E-state index contributed by atoms with van der Waals surface area (Å²) in [6, 6.07) is 15.9. The Kier molecular flexibility index (Phi) is 7.82. The van der Waals surface area contributed by atoms with Crippen molar-refractivity contribution in [1.29, 1.82) is 0 Å². The molecule has 5 nitrogen and oxygen atoms in total. The molecule has 0 aromatic heterocycles. The van der Waals surface area contributed by atoms with Crippen LogP contribution in [-0.4, -0.2) is 49.4 Å². The van der Waals surface area contributed by atoms with Crippen LogP contribution in [0.25, 0.3) is 0 Å². The van der Waals surface area contributed by atoms with Crippen molar-refractivity contribution >= 4 is 17.5 Å². The second-order valence-corrected chi connectivity index (χ2v) is 7.63. The first-order valence-electron chi connectivity index (χ1n) is 10.7. The minimum Gasteiger partial charge on any atom is -0.372 e. The Hall–Kier alpha value is -2.89. The number of rotatable bonds is 8. The van der Waals surface area contributed by atoms with Crippen molar-refractivity contribution in [2.24, 2.45) is 5.92 Å². The van der Waals surface area contributed by atoms with Crippen LogP contribution in [0.4, 0.5) is 10.1 Å². The maximum atomic E-state index is 13.0. The molecule has 160 valence electrons. The average Bonchev–Trinajstić information content (AvgIpc) is 2.79. The highest BCUT2D eigenvalue weighted by Crippen LogP contribution is 2.19. The van der Waals surface area contributed by atoms with E-state index in [0.29, 0.717) is 38.0 Å². The highest BCUT2D eigenvalue weighted by atomic mass is 19.1. The predicted octanol–water partition coefficient (Wildman–Crippen LogP) is 3.71. The van der Waals surface area contributed by atoms with Crippen LogP contribution in [0.5, 0.6) is 0 Å². The molecule has 0 saturated carbocycles. The minimum atomic E-state index is -0.354. The Morgan fingerprint density at radius 3 is 2.37 bits per heavy atom. The Labute approximate surface area is 177 Å². The number of nitrogens with one attached hydrogen (secondary N) is 1. The van der Waals surface area contributed by atoms with Gasteiger partial charge in [-0.05, 0) is 62.6 Å². The van der Waals surface area contributed by atoms with E-state index in [9.17, 15) is 14.0 Å². The van der Waals surface area contributed by atoms with E-state index in [1.165, 1.54) is 30.0 Å². The SMILES string of the molecule is CCN(CCCNC(=O)C1CCN(C(=O)c2ccc(F)cc2)CC1)c1ccccc1. The molecule has 0 atom stereocenters. The first-order chi connectivity index (χ1) is 14.6. The monoisotopic (exact) mass is 411 g/mol. The summed E-state index contributed by atoms with van der Waals surface area (Å²) in [4.78, 5) is 29.0. The fourth-order valence-corrected chi connectivity index (χ4v) is 3.85. The van der Waals surface area contributed by atoms with Gasteiger partial charge in [0.1, 0.15) is 5.82 Å². The van der Waals surface area contributed by atoms with Crippen molar-refractivity contribution in [2.75, 3.05) is 37.6 Å². The van der Waals surface area contributed by atoms with Crippen molar-refractivity contribution < 1.29 is 14.0 Å². The van der Waals surface area contributed by atoms with Gasteiger partial charge in [0.2, 0.25) is 5.91 Å². The number of anilines is 1. The normalized spacial score (nSPS) is 14.4. The summed E-state index contributed by atoms with van der Waals surface area (Å²) in [5, 5.41) is 3.05. The topological polar surface area (TPSA) is 52.7 Å². The van der Waals surface area contributed by atoms with Gasteiger partial charge < -0.3 is 15.1 Å². The van der Waals surface area contributed by atoms with Gasteiger partial charge in [0.25, 0.3) is 5.91 Å². The first kappa shape index (κ1) is 21.8. The van der Waals surface area contributed by atoms with Crippen LogP contribution < -0.4 is 10.2 Å². The third kappa shape index (κ3) is 5.81. The highest BCUT2D eigenvalue weighted by molar-refractivity contribution is 5.94. The van der Waals surface area contributed by atoms with Gasteiger partial charge in [0.05, 0.1) is 0 Å². The van der Waals surface area contributed by atoms with Crippen molar-refractivity contribution in [3.8, 4) is 0 Å². The second kappa shape index (κ2) is 10.8. The Bertz CT molecular complexity index is 818. The number of likely N-dealkylation sites (tertiary alicyclic amines) is 1. The molecule has 1 aliphatic heterocycles. The predicted molar refractivity (Wildman–Crippen MR) is 117 cm³/mol. The number of piperidine rings is 1. The number of carbonyl (C=O) groups excluding carboxylic acids is 2. The molecule has 3 rings (SSSR count). The van der Waals surface area contributed by atoms with Gasteiger partial charge in [-0.1, -0.05) is 18.2 Å². The molecule has 0 unspecified atom stereocenters. The largest absolute Gasteiger partial charge is 0.372 e. The summed E-state index contributed by atoms with van der Waals surface area (Å²) in [5.74, 6) is -0.438. The number of nitrogens with zero attached hydrogens (tertiary/aromatic N) is 2. The van der Waals surface area contributed by atoms with Gasteiger partial charge >= 0.3 is 0 Å². The summed E-state index contributed by atoms with van der Waals surface area (Å²) in [7, 11) is 0. The molecular formula is C24H30FN3O2. The summed E-state index contributed by atoms with van der Waals surface area (Å²) < 4.78 is 13.0. The summed E-state index contributed by atoms with van der Waals surface area (Å²) in [5.41, 5.74) is 1.68. The molecule has 0 aliphatic carbocycles. The number of halogens is 1. The lowest BCUT2D eigenvalue weighted by atomic mass is 9.95. The van der Waals surface area contributed by atoms with Crippen LogP contribution in [0.15, 0.2) is 54.6 Å². The van der Waals surface area contributed by atoms with E-state index < -0.39 is 0 Å². The van der Waals surface area contributed by atoms with Crippen LogP contribution in [0.2, 0.25) is 0 Å². The third-order valence-corrected chi connectivity index (χ3v) is 5.65. The molecule has 1 heterocycles. The molecular weight excluding hydrogens is 381 g/mol. The molecule has 0 radical (unpaired) electrons. The minimum absolute atomic E-state index is 0.0568. The molecule has 2 amide bonds. The quantitative estimate of drug-likeness (QED) is 0.674. The van der Waals surface area contributed by atoms with Crippen LogP contribution >= 0.6 is 0 Å². The Morgan fingerprint density at radius 1 is 1.07 bits per heavy atom. The maximum absolute atomic E-state index is 13.0. The summed E-state index contributed by atoms with van der Waals surface area (Å²) in [6.45, 7) is 5.70. The zero-order valence-corrected chi connectivity index (χ0v) is 17.5. The van der Waals surface area contributed by atoms with Gasteiger partial charge in [-0.2, -0.15) is 0 Å². The number of hydrogen-bond donors (Lipinski definition) is 1. The summed E-state index contributed by atoms with van der Waals surface area (Å²) >= 11 is 0. The molecule has 1 aliphatic rings. The lowest BCUT2D eigenvalue weighted by Crippen LogP contribution is -2.43. The van der Waals surface area contributed by atoms with E-state index in [-0.39, 0.29) is 23.5 Å². The second-order valence-electron chi connectivity index (χ2n) is 7.63. The van der Waals surface area contributed by atoms with Gasteiger partial charge in [0, 0.05) is 49.9 Å². The van der Waals surface area contributed by atoms with E-state index in [4.69, 9.17) is 0 Å². The highest BCUT2D eigenvalue weighted by Gasteiger charge is 2.27. The molecule has 6 heteroatoms. The van der Waals surface area contributed by atoms with Crippen molar-refractivity contribution in [1.82, 2.24) is 10.2 Å². The fourth-order valence-electron chi connectivity index (χ4n) is 3.85. The molecule has 2 aromatic rings. The molecule has 1 N–H and O–H groups in total. The molecule has 1 fully saturated rings. The molecule has 1 saturated heterocycles. The average molecular weight is 412 g/mol. The van der Waals surface area contributed by atoms with E-state index in [1.807, 2.05) is 18.2 Å². The number of amides is 2. The van der Waals surface area contributed by atoms with Crippen LogP contribution in [0.1, 0.15) is 36.5 Å². The zero-order valence-electron chi connectivity index (χ0n) is 17.5. The van der Waals surface area contributed by atoms with Gasteiger partial charge in [0.15, 0.2) is 0 Å².